The summed E-state index contributed by atoms with van der Waals surface area (Å²) in [5.41, 5.74) is 0. The van der Waals surface area contributed by atoms with E-state index in [2.05, 4.69) is 65.1 Å². The van der Waals surface area contributed by atoms with Gasteiger partial charge in [-0.3, -0.25) is 4.90 Å². The first-order valence-corrected chi connectivity index (χ1v) is 7.74. The monoisotopic (exact) mass is 318 g/mol. The van der Waals surface area contributed by atoms with Crippen molar-refractivity contribution in [2.24, 2.45) is 5.92 Å². The Kier molecular flexibility index (Phi) is 6.70. The first kappa shape index (κ1) is 15.2. The number of hydrogen-bond acceptors (Lipinski definition) is 3. The van der Waals surface area contributed by atoms with E-state index < -0.39 is 0 Å². The van der Waals surface area contributed by atoms with E-state index in [-0.39, 0.29) is 0 Å². The molecule has 17 heavy (non-hydrogen) atoms. The summed E-state index contributed by atoms with van der Waals surface area (Å²) in [5, 5.41) is 2.16. The normalized spacial score (nSPS) is 12.0. The lowest BCUT2D eigenvalue weighted by atomic mass is 10.2. The fourth-order valence-corrected chi connectivity index (χ4v) is 3.24. The SMILES string of the molecule is CC(C)CN(CCN(C)C)Cc1cc(Br)cs1. The summed E-state index contributed by atoms with van der Waals surface area (Å²) in [4.78, 5) is 6.23. The van der Waals surface area contributed by atoms with Gasteiger partial charge < -0.3 is 4.90 Å². The molecule has 0 saturated carbocycles. The number of thiophene rings is 1. The van der Waals surface area contributed by atoms with E-state index in [4.69, 9.17) is 0 Å². The molecule has 1 heterocycles. The molecule has 0 atom stereocenters. The third-order valence-corrected chi connectivity index (χ3v) is 4.17. The number of nitrogens with zero attached hydrogens (tertiary/aromatic N) is 2. The molecule has 0 unspecified atom stereocenters. The molecule has 0 radical (unpaired) electrons. The quantitative estimate of drug-likeness (QED) is 0.758. The number of rotatable bonds is 7. The molecule has 0 amide bonds. The second kappa shape index (κ2) is 7.52. The fourth-order valence-electron chi connectivity index (χ4n) is 1.75. The molecule has 0 aliphatic heterocycles. The van der Waals surface area contributed by atoms with Crippen LogP contribution in [0.25, 0.3) is 0 Å². The van der Waals surface area contributed by atoms with Gasteiger partial charge in [-0.2, -0.15) is 0 Å². The molecule has 0 N–H and O–H groups in total. The third kappa shape index (κ3) is 6.55. The molecule has 1 aromatic rings. The summed E-state index contributed by atoms with van der Waals surface area (Å²) in [6.45, 7) is 9.08. The lowest BCUT2D eigenvalue weighted by molar-refractivity contribution is 0.213. The third-order valence-electron chi connectivity index (χ3n) is 2.49. The van der Waals surface area contributed by atoms with Crippen LogP contribution in [0.4, 0.5) is 0 Å². The number of likely N-dealkylation sites (N-methyl/N-ethyl adjacent to an activating group) is 1. The average Bonchev–Trinajstić information content (AvgIpc) is 2.59. The average molecular weight is 319 g/mol. The van der Waals surface area contributed by atoms with E-state index in [0.29, 0.717) is 0 Å². The minimum atomic E-state index is 0.723. The minimum Gasteiger partial charge on any atom is -0.308 e. The van der Waals surface area contributed by atoms with Gasteiger partial charge in [0.05, 0.1) is 0 Å². The molecule has 0 aromatic carbocycles. The molecule has 2 nitrogen and oxygen atoms in total. The maximum Gasteiger partial charge on any atom is 0.0328 e. The van der Waals surface area contributed by atoms with E-state index >= 15 is 0 Å². The topological polar surface area (TPSA) is 6.48 Å². The van der Waals surface area contributed by atoms with Crippen molar-refractivity contribution in [1.82, 2.24) is 9.80 Å². The van der Waals surface area contributed by atoms with Gasteiger partial charge in [0, 0.05) is 40.9 Å². The Morgan fingerprint density at radius 2 is 2.00 bits per heavy atom. The van der Waals surface area contributed by atoms with Crippen molar-refractivity contribution < 1.29 is 0 Å². The lowest BCUT2D eigenvalue weighted by Gasteiger charge is -2.25. The fraction of sp³-hybridized carbons (Fsp3) is 0.692. The van der Waals surface area contributed by atoms with E-state index in [1.807, 2.05) is 11.3 Å². The Balaban J connectivity index is 2.50. The predicted molar refractivity (Wildman–Crippen MR) is 80.7 cm³/mol. The molecule has 0 saturated heterocycles. The van der Waals surface area contributed by atoms with E-state index in [0.717, 1.165) is 25.6 Å². The van der Waals surface area contributed by atoms with Crippen LogP contribution in [0, 0.1) is 5.92 Å². The Bertz CT molecular complexity index is 323. The van der Waals surface area contributed by atoms with Gasteiger partial charge >= 0.3 is 0 Å². The van der Waals surface area contributed by atoms with Crippen LogP contribution in [-0.4, -0.2) is 43.5 Å². The summed E-state index contributed by atoms with van der Waals surface area (Å²) < 4.78 is 1.20. The summed E-state index contributed by atoms with van der Waals surface area (Å²) in [5.74, 6) is 0.723. The maximum atomic E-state index is 3.52. The summed E-state index contributed by atoms with van der Waals surface area (Å²) in [6.07, 6.45) is 0. The van der Waals surface area contributed by atoms with Crippen LogP contribution in [0.1, 0.15) is 18.7 Å². The van der Waals surface area contributed by atoms with Crippen molar-refractivity contribution in [3.05, 3.63) is 20.8 Å². The van der Waals surface area contributed by atoms with Crippen LogP contribution in [0.3, 0.4) is 0 Å². The largest absolute Gasteiger partial charge is 0.308 e. The van der Waals surface area contributed by atoms with Crippen LogP contribution in [0.2, 0.25) is 0 Å². The van der Waals surface area contributed by atoms with E-state index in [1.54, 1.807) is 0 Å². The van der Waals surface area contributed by atoms with Crippen molar-refractivity contribution >= 4 is 27.3 Å². The molecular formula is C13H23BrN2S. The summed E-state index contributed by atoms with van der Waals surface area (Å²) >= 11 is 5.36. The van der Waals surface area contributed by atoms with Crippen LogP contribution in [-0.2, 0) is 6.54 Å². The zero-order chi connectivity index (χ0) is 12.8. The highest BCUT2D eigenvalue weighted by molar-refractivity contribution is 9.10. The molecule has 4 heteroatoms. The van der Waals surface area contributed by atoms with Crippen molar-refractivity contribution in [3.8, 4) is 0 Å². The van der Waals surface area contributed by atoms with Gasteiger partial charge in [0.2, 0.25) is 0 Å². The molecule has 1 rings (SSSR count). The molecule has 0 bridgehead atoms. The van der Waals surface area contributed by atoms with Gasteiger partial charge in [0.15, 0.2) is 0 Å². The Morgan fingerprint density at radius 3 is 2.47 bits per heavy atom. The van der Waals surface area contributed by atoms with Gasteiger partial charge in [-0.25, -0.2) is 0 Å². The number of halogens is 1. The summed E-state index contributed by atoms with van der Waals surface area (Å²) in [6, 6.07) is 2.23. The van der Waals surface area contributed by atoms with Crippen molar-refractivity contribution in [2.75, 3.05) is 33.7 Å². The second-order valence-electron chi connectivity index (χ2n) is 5.16. The maximum absolute atomic E-state index is 3.52. The first-order valence-electron chi connectivity index (χ1n) is 6.07. The van der Waals surface area contributed by atoms with Crippen LogP contribution >= 0.6 is 27.3 Å². The smallest absolute Gasteiger partial charge is 0.0328 e. The summed E-state index contributed by atoms with van der Waals surface area (Å²) in [7, 11) is 4.27. The molecular weight excluding hydrogens is 296 g/mol. The molecule has 0 spiro atoms. The second-order valence-corrected chi connectivity index (χ2v) is 7.07. The van der Waals surface area contributed by atoms with Gasteiger partial charge in [-0.05, 0) is 42.0 Å². The van der Waals surface area contributed by atoms with E-state index in [9.17, 15) is 0 Å². The zero-order valence-electron chi connectivity index (χ0n) is 11.2. The van der Waals surface area contributed by atoms with Crippen LogP contribution in [0.15, 0.2) is 15.9 Å². The first-order chi connectivity index (χ1) is 7.97. The Labute approximate surface area is 118 Å². The van der Waals surface area contributed by atoms with Gasteiger partial charge in [0.1, 0.15) is 0 Å². The van der Waals surface area contributed by atoms with Crippen molar-refractivity contribution in [1.29, 1.82) is 0 Å². The van der Waals surface area contributed by atoms with Crippen molar-refractivity contribution in [2.45, 2.75) is 20.4 Å². The number of hydrogen-bond donors (Lipinski definition) is 0. The lowest BCUT2D eigenvalue weighted by Crippen LogP contribution is -2.33. The van der Waals surface area contributed by atoms with Crippen molar-refractivity contribution in [3.63, 3.8) is 0 Å². The molecule has 0 aliphatic carbocycles. The molecule has 1 aromatic heterocycles. The van der Waals surface area contributed by atoms with Crippen LogP contribution < -0.4 is 0 Å². The molecule has 0 aliphatic rings. The molecule has 0 fully saturated rings. The highest BCUT2D eigenvalue weighted by atomic mass is 79.9. The van der Waals surface area contributed by atoms with Gasteiger partial charge in [-0.1, -0.05) is 13.8 Å². The Morgan fingerprint density at radius 1 is 1.29 bits per heavy atom. The van der Waals surface area contributed by atoms with Crippen LogP contribution in [0.5, 0.6) is 0 Å². The highest BCUT2D eigenvalue weighted by Gasteiger charge is 2.09. The standard InChI is InChI=1S/C13H23BrN2S/c1-11(2)8-16(6-5-15(3)4)9-13-7-12(14)10-17-13/h7,10-11H,5-6,8-9H2,1-4H3. The van der Waals surface area contributed by atoms with Gasteiger partial charge in [0.25, 0.3) is 0 Å². The van der Waals surface area contributed by atoms with E-state index in [1.165, 1.54) is 15.9 Å². The molecule has 98 valence electrons. The zero-order valence-corrected chi connectivity index (χ0v) is 13.6. The predicted octanol–water partition coefficient (Wildman–Crippen LogP) is 3.53. The highest BCUT2D eigenvalue weighted by Crippen LogP contribution is 2.21. The Hall–Kier alpha value is 0.1000. The minimum absolute atomic E-state index is 0.723. The van der Waals surface area contributed by atoms with Gasteiger partial charge in [-0.15, -0.1) is 11.3 Å².